The number of fused-ring (bicyclic) bond motifs is 2. The van der Waals surface area contributed by atoms with Gasteiger partial charge in [0.2, 0.25) is 5.91 Å². The number of ketones is 1. The van der Waals surface area contributed by atoms with E-state index in [0.717, 1.165) is 19.3 Å². The van der Waals surface area contributed by atoms with Crippen LogP contribution in [0, 0.1) is 34.5 Å². The molecule has 14 heteroatoms. The van der Waals surface area contributed by atoms with Gasteiger partial charge in [-0.25, -0.2) is 9.97 Å². The van der Waals surface area contributed by atoms with Crippen molar-refractivity contribution >= 4 is 57.5 Å². The molecule has 0 spiro atoms. The fourth-order valence-electron chi connectivity index (χ4n) is 8.88. The lowest BCUT2D eigenvalue weighted by molar-refractivity contribution is -0.157. The highest BCUT2D eigenvalue weighted by atomic mass is 35.5. The Labute approximate surface area is 330 Å². The predicted octanol–water partition coefficient (Wildman–Crippen LogP) is 7.32. The average molecular weight is 796 g/mol. The second-order valence-electron chi connectivity index (χ2n) is 16.7. The normalized spacial score (nSPS) is 27.3. The van der Waals surface area contributed by atoms with Crippen molar-refractivity contribution in [2.75, 3.05) is 27.9 Å². The molecule has 3 saturated carbocycles. The Morgan fingerprint density at radius 3 is 2.35 bits per heavy atom. The predicted molar refractivity (Wildman–Crippen MR) is 206 cm³/mol. The minimum atomic E-state index is -0.913. The highest BCUT2D eigenvalue weighted by Crippen LogP contribution is 2.58. The Bertz CT molecular complexity index is 1990. The topological polar surface area (TPSA) is 143 Å². The number of Topliss-reactive ketones (excluding diaryl/α,β-unsaturated/α-hetero) is 1. The van der Waals surface area contributed by atoms with Gasteiger partial charge in [-0.05, 0) is 61.0 Å². The van der Waals surface area contributed by atoms with Crippen LogP contribution in [0.25, 0.3) is 22.3 Å². The summed E-state index contributed by atoms with van der Waals surface area (Å²) in [5.74, 6) is 0.0730. The zero-order chi connectivity index (χ0) is 39.4. The average Bonchev–Trinajstić information content (AvgIpc) is 3.80. The second-order valence-corrected chi connectivity index (χ2v) is 17.9. The minimum Gasteiger partial charge on any atom is -0.495 e. The van der Waals surface area contributed by atoms with Gasteiger partial charge in [-0.3, -0.25) is 19.2 Å². The highest BCUT2D eigenvalue weighted by Gasteiger charge is 2.62. The van der Waals surface area contributed by atoms with E-state index in [0.29, 0.717) is 62.3 Å². The van der Waals surface area contributed by atoms with E-state index in [9.17, 15) is 19.2 Å². The number of likely N-dealkylation sites (tertiary alicyclic amines) is 1. The molecule has 4 fully saturated rings. The molecule has 12 nitrogen and oxygen atoms in total. The van der Waals surface area contributed by atoms with Crippen LogP contribution in [0.3, 0.4) is 0 Å². The molecule has 1 aliphatic heterocycles. The van der Waals surface area contributed by atoms with Gasteiger partial charge in [0.05, 0.1) is 62.9 Å². The van der Waals surface area contributed by atoms with Crippen molar-refractivity contribution in [1.82, 2.24) is 14.9 Å². The molecule has 7 rings (SSSR count). The number of ether oxygens (including phenoxy) is 5. The zero-order valence-corrected chi connectivity index (χ0v) is 34.1. The fourth-order valence-corrected chi connectivity index (χ4v) is 9.80. The molecule has 296 valence electrons. The van der Waals surface area contributed by atoms with E-state index in [1.54, 1.807) is 30.2 Å². The molecule has 4 aliphatic rings. The van der Waals surface area contributed by atoms with Gasteiger partial charge in [-0.15, -0.1) is 0 Å². The number of esters is 2. The molecule has 1 saturated heterocycles. The molecule has 0 bridgehead atoms. The van der Waals surface area contributed by atoms with E-state index < -0.39 is 40.8 Å². The van der Waals surface area contributed by atoms with Gasteiger partial charge in [0.15, 0.2) is 5.78 Å². The summed E-state index contributed by atoms with van der Waals surface area (Å²) in [5, 5.41) is 3.19. The first-order chi connectivity index (χ1) is 26.2. The van der Waals surface area contributed by atoms with E-state index in [4.69, 9.17) is 40.3 Å². The van der Waals surface area contributed by atoms with Gasteiger partial charge >= 0.3 is 11.9 Å². The van der Waals surface area contributed by atoms with E-state index in [1.807, 2.05) is 33.1 Å². The van der Waals surface area contributed by atoms with Crippen LogP contribution in [-0.2, 0) is 28.7 Å². The van der Waals surface area contributed by atoms with Gasteiger partial charge in [0.1, 0.15) is 34.4 Å². The molecule has 0 radical (unpaired) electrons. The molecular weight excluding hydrogens is 746 g/mol. The van der Waals surface area contributed by atoms with Crippen molar-refractivity contribution in [3.05, 3.63) is 28.6 Å². The van der Waals surface area contributed by atoms with Gasteiger partial charge < -0.3 is 28.6 Å². The molecule has 0 N–H and O–H groups in total. The van der Waals surface area contributed by atoms with Crippen molar-refractivity contribution < 1.29 is 42.9 Å². The minimum absolute atomic E-state index is 0.0212. The number of pyridine rings is 1. The van der Waals surface area contributed by atoms with Crippen molar-refractivity contribution in [1.29, 1.82) is 0 Å². The fraction of sp³-hybridized carbons (Fsp3) is 0.610. The van der Waals surface area contributed by atoms with E-state index in [-0.39, 0.29) is 49.5 Å². The molecule has 2 aromatic heterocycles. The van der Waals surface area contributed by atoms with Crippen LogP contribution in [0.2, 0.25) is 5.02 Å². The van der Waals surface area contributed by atoms with Crippen LogP contribution in [0.1, 0.15) is 79.1 Å². The van der Waals surface area contributed by atoms with E-state index in [2.05, 4.69) is 4.98 Å². The Kier molecular flexibility index (Phi) is 10.8. The maximum absolute atomic E-state index is 14.8. The number of hydrogen-bond donors (Lipinski definition) is 0. The van der Waals surface area contributed by atoms with Gasteiger partial charge in [0.25, 0.3) is 5.19 Å². The van der Waals surface area contributed by atoms with Crippen LogP contribution in [0.4, 0.5) is 0 Å². The van der Waals surface area contributed by atoms with Crippen LogP contribution in [-0.4, -0.2) is 84.6 Å². The monoisotopic (exact) mass is 795 g/mol. The molecule has 3 aromatic rings. The first-order valence-corrected chi connectivity index (χ1v) is 20.4. The summed E-state index contributed by atoms with van der Waals surface area (Å²) in [5.41, 5.74) is -0.0612. The Morgan fingerprint density at radius 2 is 1.73 bits per heavy atom. The number of thiazole rings is 1. The molecule has 3 heterocycles. The molecule has 8 atom stereocenters. The number of rotatable bonds is 14. The van der Waals surface area contributed by atoms with Crippen molar-refractivity contribution in [2.24, 2.45) is 34.5 Å². The van der Waals surface area contributed by atoms with Crippen LogP contribution >= 0.6 is 22.9 Å². The third-order valence-electron chi connectivity index (χ3n) is 12.2. The standard InChI is InChI=1S/C41H50ClN3O9S/c1-8-23-17-41(23,38(49)51-6)18-31(46)30-14-25(19-45(30)37(48)27(40(2,3)4)15-34(47)54-24-12-21-11-22(21)13-24)53-33-16-28(29-20-55-39(44-29)52-7)43-36-26(33)9-10-32(50-5)35(36)42/h9-10,16,20-25,27,30H,8,11-15,17-19H2,1-7H3/t21-,22+,23-,24?,25-,27-,30+,41-/m1/s1. The van der Waals surface area contributed by atoms with Crippen molar-refractivity contribution in [3.8, 4) is 28.1 Å². The lowest BCUT2D eigenvalue weighted by atomic mass is 9.77. The van der Waals surface area contributed by atoms with Gasteiger partial charge in [-0.2, -0.15) is 0 Å². The molecule has 3 aliphatic carbocycles. The van der Waals surface area contributed by atoms with Crippen molar-refractivity contribution in [3.63, 3.8) is 0 Å². The Balaban J connectivity index is 1.20. The molecule has 55 heavy (non-hydrogen) atoms. The summed E-state index contributed by atoms with van der Waals surface area (Å²) in [7, 11) is 4.41. The summed E-state index contributed by atoms with van der Waals surface area (Å²) in [6.45, 7) is 7.85. The van der Waals surface area contributed by atoms with E-state index in [1.165, 1.54) is 32.0 Å². The largest absolute Gasteiger partial charge is 0.495 e. The van der Waals surface area contributed by atoms with Gasteiger partial charge in [-0.1, -0.05) is 57.1 Å². The lowest BCUT2D eigenvalue weighted by Gasteiger charge is -2.35. The maximum Gasteiger partial charge on any atom is 0.312 e. The van der Waals surface area contributed by atoms with Crippen LogP contribution in [0.5, 0.6) is 16.7 Å². The summed E-state index contributed by atoms with van der Waals surface area (Å²) in [6.07, 6.45) is 3.55. The summed E-state index contributed by atoms with van der Waals surface area (Å²) in [4.78, 5) is 66.6. The number of carbonyl (C=O) groups is 4. The number of benzene rings is 1. The summed E-state index contributed by atoms with van der Waals surface area (Å²) < 4.78 is 28.6. The SMILES string of the molecule is CC[C@@H]1C[C@]1(CC(=O)[C@@H]1C[C@@H](Oc2cc(-c3csc(OC)n3)nc3c(Cl)c(OC)ccc23)CN1C(=O)[C@@H](CC(=O)OC1C[C@@H]2C[C@@H]2C1)C(C)(C)C)C(=O)OC. The van der Waals surface area contributed by atoms with E-state index >= 15 is 0 Å². The summed E-state index contributed by atoms with van der Waals surface area (Å²) in [6, 6.07) is 4.42. The molecule has 1 aromatic carbocycles. The molecule has 1 unspecified atom stereocenters. The third kappa shape index (κ3) is 7.75. The summed E-state index contributed by atoms with van der Waals surface area (Å²) >= 11 is 8.13. The molecule has 1 amide bonds. The first kappa shape index (κ1) is 39.3. The number of amides is 1. The van der Waals surface area contributed by atoms with Crippen molar-refractivity contribution in [2.45, 2.75) is 97.3 Å². The maximum atomic E-state index is 14.8. The number of carbonyl (C=O) groups excluding carboxylic acids is 4. The van der Waals surface area contributed by atoms with Crippen LogP contribution < -0.4 is 14.2 Å². The third-order valence-corrected chi connectivity index (χ3v) is 13.4. The smallest absolute Gasteiger partial charge is 0.312 e. The lowest BCUT2D eigenvalue weighted by Crippen LogP contribution is -2.48. The second kappa shape index (κ2) is 15.2. The number of methoxy groups -OCH3 is 3. The Morgan fingerprint density at radius 1 is 0.982 bits per heavy atom. The number of nitrogens with zero attached hydrogens (tertiary/aromatic N) is 3. The molecular formula is C41H50ClN3O9S. The number of hydrogen-bond acceptors (Lipinski definition) is 12. The van der Waals surface area contributed by atoms with Crippen LogP contribution in [0.15, 0.2) is 23.6 Å². The highest BCUT2D eigenvalue weighted by molar-refractivity contribution is 7.11. The quantitative estimate of drug-likeness (QED) is 0.152. The zero-order valence-electron chi connectivity index (χ0n) is 32.5. The number of halogens is 1. The van der Waals surface area contributed by atoms with Gasteiger partial charge in [0, 0.05) is 29.7 Å². The number of aromatic nitrogens is 2. The Hall–Kier alpha value is -3.97. The first-order valence-electron chi connectivity index (χ1n) is 19.1.